The molecular formula is C16H26ClN3O. The Labute approximate surface area is 133 Å². The fraction of sp³-hybridized carbons (Fsp3) is 0.562. The van der Waals surface area contributed by atoms with Gasteiger partial charge in [-0.2, -0.15) is 0 Å². The summed E-state index contributed by atoms with van der Waals surface area (Å²) in [6.45, 7) is 9.25. The molecule has 0 atom stereocenters. The number of carbonyl (C=O) groups is 1. The Morgan fingerprint density at radius 2 is 1.90 bits per heavy atom. The second-order valence-corrected chi connectivity index (χ2v) is 6.00. The molecule has 0 aromatic heterocycles. The van der Waals surface area contributed by atoms with Crippen molar-refractivity contribution in [2.75, 3.05) is 38.5 Å². The second-order valence-electron chi connectivity index (χ2n) is 6.00. The van der Waals surface area contributed by atoms with Gasteiger partial charge in [0.25, 0.3) is 0 Å². The molecule has 0 bridgehead atoms. The smallest absolute Gasteiger partial charge is 0.227 e. The van der Waals surface area contributed by atoms with Crippen LogP contribution in [0, 0.1) is 5.92 Å². The van der Waals surface area contributed by atoms with Gasteiger partial charge in [-0.05, 0) is 23.6 Å². The van der Waals surface area contributed by atoms with E-state index >= 15 is 0 Å². The van der Waals surface area contributed by atoms with Crippen molar-refractivity contribution < 1.29 is 4.79 Å². The quantitative estimate of drug-likeness (QED) is 0.866. The third-order valence-electron chi connectivity index (χ3n) is 3.65. The van der Waals surface area contributed by atoms with Crippen LogP contribution in [-0.2, 0) is 11.2 Å². The molecule has 1 fully saturated rings. The third-order valence-corrected chi connectivity index (χ3v) is 3.65. The molecule has 1 heterocycles. The minimum Gasteiger partial charge on any atom is -0.399 e. The van der Waals surface area contributed by atoms with Crippen molar-refractivity contribution in [3.63, 3.8) is 0 Å². The molecule has 0 spiro atoms. The summed E-state index contributed by atoms with van der Waals surface area (Å²) in [5.74, 6) is 0.893. The number of carbonyl (C=O) groups excluding carboxylic acids is 1. The predicted octanol–water partition coefficient (Wildman–Crippen LogP) is 2.03. The van der Waals surface area contributed by atoms with Crippen LogP contribution < -0.4 is 5.73 Å². The van der Waals surface area contributed by atoms with Crippen molar-refractivity contribution in [1.29, 1.82) is 0 Å². The molecule has 1 saturated heterocycles. The summed E-state index contributed by atoms with van der Waals surface area (Å²) in [6.07, 6.45) is 0.454. The normalized spacial score (nSPS) is 15.9. The van der Waals surface area contributed by atoms with Crippen LogP contribution in [0.2, 0.25) is 0 Å². The van der Waals surface area contributed by atoms with Gasteiger partial charge in [0.1, 0.15) is 0 Å². The second kappa shape index (κ2) is 8.25. The first-order valence-electron chi connectivity index (χ1n) is 7.39. The molecule has 0 saturated carbocycles. The lowest BCUT2D eigenvalue weighted by molar-refractivity contribution is -0.132. The summed E-state index contributed by atoms with van der Waals surface area (Å²) in [4.78, 5) is 16.7. The number of piperazine rings is 1. The first kappa shape index (κ1) is 17.8. The minimum atomic E-state index is 0. The first-order chi connectivity index (χ1) is 9.54. The van der Waals surface area contributed by atoms with Gasteiger partial charge in [-0.25, -0.2) is 0 Å². The molecule has 0 radical (unpaired) electrons. The van der Waals surface area contributed by atoms with Crippen molar-refractivity contribution >= 4 is 24.0 Å². The number of hydrogen-bond acceptors (Lipinski definition) is 3. The zero-order valence-corrected chi connectivity index (χ0v) is 13.7. The zero-order valence-electron chi connectivity index (χ0n) is 12.9. The average molecular weight is 312 g/mol. The maximum atomic E-state index is 12.3. The minimum absolute atomic E-state index is 0. The summed E-state index contributed by atoms with van der Waals surface area (Å²) in [6, 6.07) is 7.59. The van der Waals surface area contributed by atoms with Crippen LogP contribution in [-0.4, -0.2) is 48.4 Å². The molecule has 0 unspecified atom stereocenters. The lowest BCUT2D eigenvalue weighted by atomic mass is 10.1. The maximum Gasteiger partial charge on any atom is 0.227 e. The largest absolute Gasteiger partial charge is 0.399 e. The van der Waals surface area contributed by atoms with E-state index in [2.05, 4.69) is 18.7 Å². The van der Waals surface area contributed by atoms with Crippen LogP contribution in [0.25, 0.3) is 0 Å². The molecule has 5 heteroatoms. The topological polar surface area (TPSA) is 49.6 Å². The maximum absolute atomic E-state index is 12.3. The SMILES string of the molecule is CC(C)CN1CCN(C(=O)Cc2cccc(N)c2)CC1.Cl. The summed E-state index contributed by atoms with van der Waals surface area (Å²) < 4.78 is 0. The summed E-state index contributed by atoms with van der Waals surface area (Å²) in [5.41, 5.74) is 7.46. The Morgan fingerprint density at radius 3 is 2.48 bits per heavy atom. The van der Waals surface area contributed by atoms with E-state index in [1.807, 2.05) is 29.2 Å². The number of nitrogens with zero attached hydrogens (tertiary/aromatic N) is 2. The van der Waals surface area contributed by atoms with Gasteiger partial charge in [0.2, 0.25) is 5.91 Å². The lowest BCUT2D eigenvalue weighted by Gasteiger charge is -2.35. The van der Waals surface area contributed by atoms with Gasteiger partial charge in [0.15, 0.2) is 0 Å². The molecule has 1 amide bonds. The standard InChI is InChI=1S/C16H25N3O.ClH/c1-13(2)12-18-6-8-19(9-7-18)16(20)11-14-4-3-5-15(17)10-14;/h3-5,10,13H,6-9,11-12,17H2,1-2H3;1H. The summed E-state index contributed by atoms with van der Waals surface area (Å²) >= 11 is 0. The first-order valence-corrected chi connectivity index (χ1v) is 7.39. The fourth-order valence-electron chi connectivity index (χ4n) is 2.69. The molecule has 1 aliphatic rings. The highest BCUT2D eigenvalue weighted by atomic mass is 35.5. The van der Waals surface area contributed by atoms with Crippen LogP contribution in [0.15, 0.2) is 24.3 Å². The van der Waals surface area contributed by atoms with Gasteiger partial charge in [0.05, 0.1) is 6.42 Å². The number of benzene rings is 1. The van der Waals surface area contributed by atoms with E-state index in [1.54, 1.807) is 0 Å². The fourth-order valence-corrected chi connectivity index (χ4v) is 2.69. The van der Waals surface area contributed by atoms with E-state index in [1.165, 1.54) is 0 Å². The number of nitrogen functional groups attached to an aromatic ring is 1. The van der Waals surface area contributed by atoms with Crippen LogP contribution in [0.5, 0.6) is 0 Å². The number of anilines is 1. The number of hydrogen-bond donors (Lipinski definition) is 1. The molecular weight excluding hydrogens is 286 g/mol. The summed E-state index contributed by atoms with van der Waals surface area (Å²) in [7, 11) is 0. The van der Waals surface area contributed by atoms with Gasteiger partial charge in [0, 0.05) is 38.4 Å². The van der Waals surface area contributed by atoms with E-state index in [0.717, 1.165) is 44.0 Å². The molecule has 21 heavy (non-hydrogen) atoms. The highest BCUT2D eigenvalue weighted by molar-refractivity contribution is 5.85. The molecule has 118 valence electrons. The van der Waals surface area contributed by atoms with Gasteiger partial charge in [-0.15, -0.1) is 12.4 Å². The van der Waals surface area contributed by atoms with Crippen molar-refractivity contribution in [2.24, 2.45) is 5.92 Å². The van der Waals surface area contributed by atoms with Crippen molar-refractivity contribution in [2.45, 2.75) is 20.3 Å². The van der Waals surface area contributed by atoms with Gasteiger partial charge >= 0.3 is 0 Å². The van der Waals surface area contributed by atoms with Crippen LogP contribution in [0.1, 0.15) is 19.4 Å². The monoisotopic (exact) mass is 311 g/mol. The van der Waals surface area contributed by atoms with Crippen LogP contribution >= 0.6 is 12.4 Å². The number of rotatable bonds is 4. The molecule has 4 nitrogen and oxygen atoms in total. The van der Waals surface area contributed by atoms with Gasteiger partial charge in [-0.1, -0.05) is 26.0 Å². The van der Waals surface area contributed by atoms with E-state index in [9.17, 15) is 4.79 Å². The Balaban J connectivity index is 0.00000220. The molecule has 2 N–H and O–H groups in total. The van der Waals surface area contributed by atoms with Crippen LogP contribution in [0.4, 0.5) is 5.69 Å². The van der Waals surface area contributed by atoms with E-state index in [4.69, 9.17) is 5.73 Å². The molecule has 0 aliphatic carbocycles. The Bertz CT molecular complexity index is 457. The van der Waals surface area contributed by atoms with Gasteiger partial charge in [-0.3, -0.25) is 9.69 Å². The van der Waals surface area contributed by atoms with Crippen molar-refractivity contribution in [3.05, 3.63) is 29.8 Å². The van der Waals surface area contributed by atoms with Gasteiger partial charge < -0.3 is 10.6 Å². The Kier molecular flexibility index (Phi) is 6.99. The number of amides is 1. The molecule has 1 aromatic rings. The third kappa shape index (κ3) is 5.56. The summed E-state index contributed by atoms with van der Waals surface area (Å²) in [5, 5.41) is 0. The van der Waals surface area contributed by atoms with E-state index in [0.29, 0.717) is 12.3 Å². The molecule has 1 aromatic carbocycles. The highest BCUT2D eigenvalue weighted by Gasteiger charge is 2.21. The highest BCUT2D eigenvalue weighted by Crippen LogP contribution is 2.11. The zero-order chi connectivity index (χ0) is 14.5. The average Bonchev–Trinajstić information content (AvgIpc) is 2.38. The Morgan fingerprint density at radius 1 is 1.24 bits per heavy atom. The van der Waals surface area contributed by atoms with E-state index in [-0.39, 0.29) is 18.3 Å². The van der Waals surface area contributed by atoms with Crippen molar-refractivity contribution in [3.8, 4) is 0 Å². The van der Waals surface area contributed by atoms with Crippen LogP contribution in [0.3, 0.4) is 0 Å². The number of halogens is 1. The number of nitrogens with two attached hydrogens (primary N) is 1. The lowest BCUT2D eigenvalue weighted by Crippen LogP contribution is -2.49. The molecule has 2 rings (SSSR count). The van der Waals surface area contributed by atoms with E-state index < -0.39 is 0 Å². The Hall–Kier alpha value is -1.26. The predicted molar refractivity (Wildman–Crippen MR) is 89.7 cm³/mol. The van der Waals surface area contributed by atoms with Crippen molar-refractivity contribution in [1.82, 2.24) is 9.80 Å². The molecule has 1 aliphatic heterocycles.